The van der Waals surface area contributed by atoms with Gasteiger partial charge in [-0.05, 0) is 52.9 Å². The van der Waals surface area contributed by atoms with E-state index in [2.05, 4.69) is 38.0 Å². The summed E-state index contributed by atoms with van der Waals surface area (Å²) in [5.41, 5.74) is 0. The van der Waals surface area contributed by atoms with Gasteiger partial charge in [0.15, 0.2) is 0 Å². The van der Waals surface area contributed by atoms with Gasteiger partial charge in [0.05, 0.1) is 0 Å². The van der Waals surface area contributed by atoms with E-state index in [0.29, 0.717) is 0 Å². The number of nitrogens with zero attached hydrogens (tertiary/aromatic N) is 2. The van der Waals surface area contributed by atoms with Gasteiger partial charge in [-0.3, -0.25) is 0 Å². The van der Waals surface area contributed by atoms with Gasteiger partial charge in [0.25, 0.3) is 0 Å². The van der Waals surface area contributed by atoms with E-state index >= 15 is 0 Å². The molecule has 2 nitrogen and oxygen atoms in total. The van der Waals surface area contributed by atoms with Crippen LogP contribution in [0.2, 0.25) is 0 Å². The predicted molar refractivity (Wildman–Crippen MR) is 51.2 cm³/mol. The fourth-order valence-corrected chi connectivity index (χ4v) is 3.49. The van der Waals surface area contributed by atoms with E-state index in [-0.39, 0.29) is 0 Å². The molecule has 70 valence electrons. The number of fused-ring (bicyclic) bond motifs is 1. The fraction of sp³-hybridized carbons (Fsp3) is 1.00. The van der Waals surface area contributed by atoms with Gasteiger partial charge in [0.2, 0.25) is 0 Å². The highest BCUT2D eigenvalue weighted by molar-refractivity contribution is 5.11. The molecule has 0 unspecified atom stereocenters. The maximum Gasteiger partial charge on any atom is 0.0176 e. The molecule has 3 saturated carbocycles. The fourth-order valence-electron chi connectivity index (χ4n) is 3.49. The lowest BCUT2D eigenvalue weighted by molar-refractivity contribution is -0.00894. The van der Waals surface area contributed by atoms with Gasteiger partial charge in [-0.15, -0.1) is 0 Å². The molecule has 3 fully saturated rings. The van der Waals surface area contributed by atoms with Crippen LogP contribution in [0.3, 0.4) is 0 Å². The summed E-state index contributed by atoms with van der Waals surface area (Å²) in [4.78, 5) is 4.84. The van der Waals surface area contributed by atoms with Crippen LogP contribution in [-0.4, -0.2) is 50.1 Å². The highest BCUT2D eigenvalue weighted by Crippen LogP contribution is 2.52. The zero-order valence-electron chi connectivity index (χ0n) is 8.62. The molecule has 0 aromatic rings. The largest absolute Gasteiger partial charge is 0.306 e. The third-order valence-electron chi connectivity index (χ3n) is 3.78. The maximum absolute atomic E-state index is 2.42. The van der Waals surface area contributed by atoms with Crippen molar-refractivity contribution in [3.8, 4) is 0 Å². The minimum Gasteiger partial charge on any atom is -0.306 e. The number of hydrogen-bond donors (Lipinski definition) is 0. The van der Waals surface area contributed by atoms with Crippen molar-refractivity contribution >= 4 is 0 Å². The third-order valence-corrected chi connectivity index (χ3v) is 3.78. The van der Waals surface area contributed by atoms with Crippen LogP contribution in [0.15, 0.2) is 0 Å². The third kappa shape index (κ3) is 0.944. The molecule has 2 bridgehead atoms. The smallest absolute Gasteiger partial charge is 0.0176 e. The lowest BCUT2D eigenvalue weighted by Gasteiger charge is -2.51. The van der Waals surface area contributed by atoms with E-state index in [1.54, 1.807) is 0 Å². The number of hydrogen-bond acceptors (Lipinski definition) is 2. The van der Waals surface area contributed by atoms with Crippen LogP contribution in [0.1, 0.15) is 12.8 Å². The van der Waals surface area contributed by atoms with Crippen LogP contribution in [0.4, 0.5) is 0 Å². The van der Waals surface area contributed by atoms with Gasteiger partial charge in [-0.2, -0.15) is 0 Å². The molecule has 0 aromatic carbocycles. The summed E-state index contributed by atoms with van der Waals surface area (Å²) in [6.45, 7) is 0. The van der Waals surface area contributed by atoms with Gasteiger partial charge < -0.3 is 9.80 Å². The van der Waals surface area contributed by atoms with E-state index in [1.807, 2.05) is 0 Å². The molecular weight excluding hydrogens is 148 g/mol. The Hall–Kier alpha value is -0.0800. The highest BCUT2D eigenvalue weighted by Gasteiger charge is 2.56. The second kappa shape index (κ2) is 2.71. The molecule has 0 N–H and O–H groups in total. The SMILES string of the molecule is CN(C)C1C2CCC1C2N(C)C. The van der Waals surface area contributed by atoms with Gasteiger partial charge in [-0.1, -0.05) is 0 Å². The normalized spacial score (nSPS) is 45.5. The van der Waals surface area contributed by atoms with Crippen molar-refractivity contribution in [1.29, 1.82) is 0 Å². The number of rotatable bonds is 2. The molecule has 0 aromatic heterocycles. The highest BCUT2D eigenvalue weighted by atomic mass is 15.2. The Morgan fingerprint density at radius 1 is 0.750 bits per heavy atom. The average molecular weight is 168 g/mol. The summed E-state index contributed by atoms with van der Waals surface area (Å²) in [6.07, 6.45) is 2.91. The molecule has 0 radical (unpaired) electrons. The van der Waals surface area contributed by atoms with Crippen molar-refractivity contribution in [2.24, 2.45) is 11.8 Å². The van der Waals surface area contributed by atoms with Gasteiger partial charge in [0.1, 0.15) is 0 Å². The molecule has 3 aliphatic carbocycles. The van der Waals surface area contributed by atoms with Crippen molar-refractivity contribution < 1.29 is 0 Å². The molecule has 0 saturated heterocycles. The predicted octanol–water partition coefficient (Wildman–Crippen LogP) is 0.887. The quantitative estimate of drug-likeness (QED) is 0.604. The Kier molecular flexibility index (Phi) is 1.92. The summed E-state index contributed by atoms with van der Waals surface area (Å²) in [6, 6.07) is 1.77. The van der Waals surface area contributed by atoms with Gasteiger partial charge in [0, 0.05) is 12.1 Å². The van der Waals surface area contributed by atoms with E-state index < -0.39 is 0 Å². The molecule has 2 heteroatoms. The van der Waals surface area contributed by atoms with Crippen LogP contribution < -0.4 is 0 Å². The van der Waals surface area contributed by atoms with Crippen LogP contribution in [0.5, 0.6) is 0 Å². The first-order valence-electron chi connectivity index (χ1n) is 4.96. The van der Waals surface area contributed by atoms with Crippen LogP contribution in [-0.2, 0) is 0 Å². The van der Waals surface area contributed by atoms with Gasteiger partial charge in [-0.25, -0.2) is 0 Å². The van der Waals surface area contributed by atoms with Crippen LogP contribution in [0.25, 0.3) is 0 Å². The van der Waals surface area contributed by atoms with E-state index in [9.17, 15) is 0 Å². The zero-order valence-corrected chi connectivity index (χ0v) is 8.62. The average Bonchev–Trinajstić information content (AvgIpc) is 2.39. The summed E-state index contributed by atoms with van der Waals surface area (Å²) < 4.78 is 0. The van der Waals surface area contributed by atoms with Crippen molar-refractivity contribution in [3.05, 3.63) is 0 Å². The summed E-state index contributed by atoms with van der Waals surface area (Å²) >= 11 is 0. The minimum atomic E-state index is 0.886. The van der Waals surface area contributed by atoms with Crippen molar-refractivity contribution in [2.75, 3.05) is 28.2 Å². The van der Waals surface area contributed by atoms with Gasteiger partial charge >= 0.3 is 0 Å². The zero-order chi connectivity index (χ0) is 8.88. The summed E-state index contributed by atoms with van der Waals surface area (Å²) in [7, 11) is 8.90. The van der Waals surface area contributed by atoms with E-state index in [4.69, 9.17) is 0 Å². The van der Waals surface area contributed by atoms with Crippen molar-refractivity contribution in [2.45, 2.75) is 24.9 Å². The molecule has 0 spiro atoms. The van der Waals surface area contributed by atoms with Crippen LogP contribution in [0, 0.1) is 11.8 Å². The summed E-state index contributed by atoms with van der Waals surface area (Å²) in [5.74, 6) is 1.92. The first-order valence-corrected chi connectivity index (χ1v) is 4.96. The molecule has 0 heterocycles. The molecule has 3 aliphatic rings. The lowest BCUT2D eigenvalue weighted by atomic mass is 9.71. The second-order valence-electron chi connectivity index (χ2n) is 4.81. The van der Waals surface area contributed by atoms with E-state index in [1.165, 1.54) is 12.8 Å². The molecule has 0 amide bonds. The molecule has 12 heavy (non-hydrogen) atoms. The lowest BCUT2D eigenvalue weighted by Crippen LogP contribution is -2.60. The Morgan fingerprint density at radius 3 is 1.33 bits per heavy atom. The van der Waals surface area contributed by atoms with Crippen molar-refractivity contribution in [3.63, 3.8) is 0 Å². The Balaban J connectivity index is 2.04. The minimum absolute atomic E-state index is 0.886. The van der Waals surface area contributed by atoms with E-state index in [0.717, 1.165) is 23.9 Å². The molecule has 0 atom stereocenters. The maximum atomic E-state index is 2.42. The molecule has 3 rings (SSSR count). The standard InChI is InChI=1S/C10H20N2/c1-11(2)9-7-5-6-8(9)10(7)12(3)4/h7-10H,5-6H2,1-4H3. The Morgan fingerprint density at radius 2 is 1.08 bits per heavy atom. The topological polar surface area (TPSA) is 6.48 Å². The Bertz CT molecular complexity index is 149. The summed E-state index contributed by atoms with van der Waals surface area (Å²) in [5, 5.41) is 0. The van der Waals surface area contributed by atoms with Crippen LogP contribution >= 0.6 is 0 Å². The van der Waals surface area contributed by atoms with Crippen molar-refractivity contribution in [1.82, 2.24) is 9.80 Å². The second-order valence-corrected chi connectivity index (χ2v) is 4.81. The molecular formula is C10H20N2. The first kappa shape index (κ1) is 8.52. The monoisotopic (exact) mass is 168 g/mol. The first-order chi connectivity index (χ1) is 5.63. The Labute approximate surface area is 75.5 Å². The molecule has 0 aliphatic heterocycles.